The molecule has 3 rings (SSSR count). The summed E-state index contributed by atoms with van der Waals surface area (Å²) in [4.78, 5) is 8.24. The van der Waals surface area contributed by atoms with Crippen molar-refractivity contribution in [3.63, 3.8) is 0 Å². The minimum absolute atomic E-state index is 0.723. The monoisotopic (exact) mass is 333 g/mol. The SMILES string of the molecule is CN=C(NC)NCc1ccccc1-c1ccc(Cn2ccnc2)cc1. The van der Waals surface area contributed by atoms with Crippen LogP contribution in [0.3, 0.4) is 0 Å². The molecule has 0 aliphatic carbocycles. The normalized spacial score (nSPS) is 11.4. The molecule has 2 N–H and O–H groups in total. The van der Waals surface area contributed by atoms with Gasteiger partial charge in [-0.15, -0.1) is 0 Å². The number of hydrogen-bond acceptors (Lipinski definition) is 2. The van der Waals surface area contributed by atoms with Crippen LogP contribution >= 0.6 is 0 Å². The first-order chi connectivity index (χ1) is 12.3. The molecule has 0 fully saturated rings. The van der Waals surface area contributed by atoms with Crippen molar-refractivity contribution in [1.82, 2.24) is 20.2 Å². The van der Waals surface area contributed by atoms with Gasteiger partial charge < -0.3 is 15.2 Å². The summed E-state index contributed by atoms with van der Waals surface area (Å²) in [5.41, 5.74) is 4.94. The van der Waals surface area contributed by atoms with Gasteiger partial charge in [0.25, 0.3) is 0 Å². The van der Waals surface area contributed by atoms with E-state index in [0.29, 0.717) is 0 Å². The van der Waals surface area contributed by atoms with E-state index in [1.165, 1.54) is 22.3 Å². The Morgan fingerprint density at radius 1 is 1.12 bits per heavy atom. The summed E-state index contributed by atoms with van der Waals surface area (Å²) >= 11 is 0. The second kappa shape index (κ2) is 8.15. The Morgan fingerprint density at radius 2 is 1.92 bits per heavy atom. The Kier molecular flexibility index (Phi) is 5.46. The summed E-state index contributed by atoms with van der Waals surface area (Å²) in [6, 6.07) is 17.1. The number of nitrogens with one attached hydrogen (secondary N) is 2. The zero-order chi connectivity index (χ0) is 17.5. The highest BCUT2D eigenvalue weighted by molar-refractivity contribution is 5.79. The van der Waals surface area contributed by atoms with Crippen molar-refractivity contribution in [2.45, 2.75) is 13.1 Å². The van der Waals surface area contributed by atoms with E-state index in [9.17, 15) is 0 Å². The van der Waals surface area contributed by atoms with Crippen LogP contribution in [0.2, 0.25) is 0 Å². The number of aliphatic imine (C=N–C) groups is 1. The molecule has 0 aliphatic rings. The molecule has 2 aromatic carbocycles. The molecule has 0 atom stereocenters. The predicted molar refractivity (Wildman–Crippen MR) is 102 cm³/mol. The van der Waals surface area contributed by atoms with Crippen LogP contribution in [-0.2, 0) is 13.1 Å². The molecule has 3 aromatic rings. The quantitative estimate of drug-likeness (QED) is 0.558. The second-order valence-electron chi connectivity index (χ2n) is 5.76. The first kappa shape index (κ1) is 16.8. The lowest BCUT2D eigenvalue weighted by atomic mass is 9.98. The van der Waals surface area contributed by atoms with Gasteiger partial charge in [0.05, 0.1) is 6.33 Å². The average Bonchev–Trinajstić information content (AvgIpc) is 3.17. The van der Waals surface area contributed by atoms with Gasteiger partial charge in [-0.05, 0) is 22.3 Å². The van der Waals surface area contributed by atoms with E-state index in [-0.39, 0.29) is 0 Å². The topological polar surface area (TPSA) is 54.2 Å². The molecule has 25 heavy (non-hydrogen) atoms. The van der Waals surface area contributed by atoms with Gasteiger partial charge in [0, 0.05) is 39.6 Å². The van der Waals surface area contributed by atoms with Crippen molar-refractivity contribution in [3.8, 4) is 11.1 Å². The Labute approximate surface area is 148 Å². The molecular weight excluding hydrogens is 310 g/mol. The highest BCUT2D eigenvalue weighted by Gasteiger charge is 2.06. The highest BCUT2D eigenvalue weighted by Crippen LogP contribution is 2.24. The maximum absolute atomic E-state index is 4.16. The van der Waals surface area contributed by atoms with E-state index in [1.807, 2.05) is 19.6 Å². The molecule has 5 heteroatoms. The molecule has 0 unspecified atom stereocenters. The Balaban J connectivity index is 1.77. The molecule has 0 radical (unpaired) electrons. The molecule has 128 valence electrons. The van der Waals surface area contributed by atoms with Crippen LogP contribution in [0.15, 0.2) is 72.2 Å². The average molecular weight is 333 g/mol. The van der Waals surface area contributed by atoms with Crippen molar-refractivity contribution >= 4 is 5.96 Å². The molecule has 0 saturated heterocycles. The lowest BCUT2D eigenvalue weighted by Crippen LogP contribution is -2.34. The molecule has 0 saturated carbocycles. The standard InChI is InChI=1S/C20H23N5/c1-21-20(22-2)24-13-18-5-3-4-6-19(18)17-9-7-16(8-10-17)14-25-12-11-23-15-25/h3-12,15H,13-14H2,1-2H3,(H2,21,22,24). The van der Waals surface area contributed by atoms with Gasteiger partial charge in [0.15, 0.2) is 5.96 Å². The van der Waals surface area contributed by atoms with Crippen molar-refractivity contribution in [2.24, 2.45) is 4.99 Å². The molecule has 5 nitrogen and oxygen atoms in total. The molecule has 0 amide bonds. The van der Waals surface area contributed by atoms with E-state index in [0.717, 1.165) is 19.0 Å². The Hall–Kier alpha value is -3.08. The van der Waals surface area contributed by atoms with Crippen molar-refractivity contribution < 1.29 is 0 Å². The van der Waals surface area contributed by atoms with Gasteiger partial charge in [-0.25, -0.2) is 4.98 Å². The number of benzene rings is 2. The summed E-state index contributed by atoms with van der Waals surface area (Å²) in [6.07, 6.45) is 5.61. The van der Waals surface area contributed by atoms with E-state index in [1.54, 1.807) is 13.2 Å². The third-order valence-corrected chi connectivity index (χ3v) is 4.11. The van der Waals surface area contributed by atoms with Crippen molar-refractivity contribution in [3.05, 3.63) is 78.4 Å². The van der Waals surface area contributed by atoms with Gasteiger partial charge >= 0.3 is 0 Å². The Bertz CT molecular complexity index is 820. The highest BCUT2D eigenvalue weighted by atomic mass is 15.1. The summed E-state index contributed by atoms with van der Waals surface area (Å²) in [5.74, 6) is 0.783. The van der Waals surface area contributed by atoms with Gasteiger partial charge in [-0.3, -0.25) is 4.99 Å². The fraction of sp³-hybridized carbons (Fsp3) is 0.200. The predicted octanol–water partition coefficient (Wildman–Crippen LogP) is 2.89. The smallest absolute Gasteiger partial charge is 0.190 e. The molecule has 1 aromatic heterocycles. The second-order valence-corrected chi connectivity index (χ2v) is 5.76. The van der Waals surface area contributed by atoms with Gasteiger partial charge in [0.1, 0.15) is 0 Å². The summed E-state index contributed by atoms with van der Waals surface area (Å²) in [6.45, 7) is 1.56. The zero-order valence-corrected chi connectivity index (χ0v) is 14.6. The number of imidazole rings is 1. The van der Waals surface area contributed by atoms with Gasteiger partial charge in [-0.2, -0.15) is 0 Å². The maximum Gasteiger partial charge on any atom is 0.190 e. The zero-order valence-electron chi connectivity index (χ0n) is 14.6. The Morgan fingerprint density at radius 3 is 2.60 bits per heavy atom. The van der Waals surface area contributed by atoms with Crippen LogP contribution in [0.5, 0.6) is 0 Å². The largest absolute Gasteiger partial charge is 0.359 e. The molecule has 0 aliphatic heterocycles. The minimum Gasteiger partial charge on any atom is -0.359 e. The maximum atomic E-state index is 4.16. The fourth-order valence-electron chi connectivity index (χ4n) is 2.80. The van der Waals surface area contributed by atoms with Crippen LogP contribution in [0.4, 0.5) is 0 Å². The van der Waals surface area contributed by atoms with Crippen molar-refractivity contribution in [1.29, 1.82) is 0 Å². The molecular formula is C20H23N5. The number of guanidine groups is 1. The third kappa shape index (κ3) is 4.26. The summed E-state index contributed by atoms with van der Waals surface area (Å²) < 4.78 is 2.07. The van der Waals surface area contributed by atoms with E-state index < -0.39 is 0 Å². The van der Waals surface area contributed by atoms with Crippen LogP contribution in [0.25, 0.3) is 11.1 Å². The lowest BCUT2D eigenvalue weighted by molar-refractivity contribution is 0.797. The van der Waals surface area contributed by atoms with Gasteiger partial charge in [0.2, 0.25) is 0 Å². The van der Waals surface area contributed by atoms with Crippen LogP contribution in [0.1, 0.15) is 11.1 Å². The summed E-state index contributed by atoms with van der Waals surface area (Å²) in [5, 5.41) is 6.36. The van der Waals surface area contributed by atoms with Crippen LogP contribution in [-0.4, -0.2) is 29.6 Å². The van der Waals surface area contributed by atoms with E-state index >= 15 is 0 Å². The fourth-order valence-corrected chi connectivity index (χ4v) is 2.80. The molecule has 0 bridgehead atoms. The lowest BCUT2D eigenvalue weighted by Gasteiger charge is -2.13. The number of rotatable bonds is 5. The number of nitrogens with zero attached hydrogens (tertiary/aromatic N) is 3. The van der Waals surface area contributed by atoms with E-state index in [2.05, 4.69) is 73.7 Å². The number of hydrogen-bond donors (Lipinski definition) is 2. The van der Waals surface area contributed by atoms with E-state index in [4.69, 9.17) is 0 Å². The molecule has 0 spiro atoms. The van der Waals surface area contributed by atoms with Crippen LogP contribution in [0, 0.1) is 0 Å². The minimum atomic E-state index is 0.723. The first-order valence-electron chi connectivity index (χ1n) is 8.31. The van der Waals surface area contributed by atoms with Gasteiger partial charge in [-0.1, -0.05) is 48.5 Å². The molecule has 1 heterocycles. The third-order valence-electron chi connectivity index (χ3n) is 4.11. The number of aromatic nitrogens is 2. The van der Waals surface area contributed by atoms with Crippen molar-refractivity contribution in [2.75, 3.05) is 14.1 Å². The van der Waals surface area contributed by atoms with Crippen LogP contribution < -0.4 is 10.6 Å². The first-order valence-corrected chi connectivity index (χ1v) is 8.31. The summed E-state index contributed by atoms with van der Waals surface area (Å²) in [7, 11) is 3.63.